The third-order valence-electron chi connectivity index (χ3n) is 4.68. The van der Waals surface area contributed by atoms with E-state index in [0.29, 0.717) is 18.8 Å². The molecule has 1 saturated heterocycles. The summed E-state index contributed by atoms with van der Waals surface area (Å²) < 4.78 is 43.6. The van der Waals surface area contributed by atoms with Gasteiger partial charge in [-0.25, -0.2) is 0 Å². The summed E-state index contributed by atoms with van der Waals surface area (Å²) in [5.41, 5.74) is -3.94. The molecule has 1 atom stereocenters. The highest BCUT2D eigenvalue weighted by Crippen LogP contribution is 2.57. The Labute approximate surface area is 106 Å². The third-order valence-corrected chi connectivity index (χ3v) is 4.68. The standard InChI is InChI=1S/C13H21F3O2/c1-10(2,3)9-4-6-11(17,7-5-9)12(8-18-12)13(14,15)16/h9,17H,4-8H2,1-3H3/t9?,11?,12-/m1/s1. The molecule has 0 aromatic heterocycles. The molecule has 5 heteroatoms. The zero-order chi connectivity index (χ0) is 13.8. The van der Waals surface area contributed by atoms with E-state index < -0.39 is 24.0 Å². The van der Waals surface area contributed by atoms with Gasteiger partial charge < -0.3 is 9.84 Å². The number of hydrogen-bond donors (Lipinski definition) is 1. The van der Waals surface area contributed by atoms with Gasteiger partial charge in [0.05, 0.1) is 6.61 Å². The smallest absolute Gasteiger partial charge is 0.386 e. The molecule has 1 aliphatic carbocycles. The molecule has 2 nitrogen and oxygen atoms in total. The van der Waals surface area contributed by atoms with Crippen LogP contribution in [0, 0.1) is 11.3 Å². The minimum Gasteiger partial charge on any atom is -0.386 e. The number of aliphatic hydroxyl groups is 1. The van der Waals surface area contributed by atoms with Crippen molar-refractivity contribution in [2.75, 3.05) is 6.61 Å². The average molecular weight is 266 g/mol. The Morgan fingerprint density at radius 1 is 1.11 bits per heavy atom. The Morgan fingerprint density at radius 3 is 1.83 bits per heavy atom. The largest absolute Gasteiger partial charge is 0.422 e. The number of alkyl halides is 3. The van der Waals surface area contributed by atoms with Crippen molar-refractivity contribution in [1.82, 2.24) is 0 Å². The van der Waals surface area contributed by atoms with Crippen LogP contribution >= 0.6 is 0 Å². The van der Waals surface area contributed by atoms with Crippen LogP contribution in [0.25, 0.3) is 0 Å². The molecule has 0 aromatic rings. The molecule has 2 fully saturated rings. The van der Waals surface area contributed by atoms with Gasteiger partial charge in [0.25, 0.3) is 0 Å². The van der Waals surface area contributed by atoms with E-state index in [1.54, 1.807) is 0 Å². The number of hydrogen-bond acceptors (Lipinski definition) is 2. The van der Waals surface area contributed by atoms with E-state index in [0.717, 1.165) is 0 Å². The lowest BCUT2D eigenvalue weighted by Gasteiger charge is -2.44. The molecule has 1 heterocycles. The van der Waals surface area contributed by atoms with Crippen molar-refractivity contribution >= 4 is 0 Å². The van der Waals surface area contributed by atoms with Gasteiger partial charge in [-0.1, -0.05) is 20.8 Å². The molecule has 2 aliphatic rings. The summed E-state index contributed by atoms with van der Waals surface area (Å²) in [5, 5.41) is 10.3. The van der Waals surface area contributed by atoms with Gasteiger partial charge in [-0.05, 0) is 37.0 Å². The van der Waals surface area contributed by atoms with Gasteiger partial charge in [-0.15, -0.1) is 0 Å². The van der Waals surface area contributed by atoms with Gasteiger partial charge in [0, 0.05) is 0 Å². The van der Waals surface area contributed by atoms with E-state index in [1.165, 1.54) is 0 Å². The number of rotatable bonds is 1. The van der Waals surface area contributed by atoms with E-state index in [-0.39, 0.29) is 18.3 Å². The fraction of sp³-hybridized carbons (Fsp3) is 1.00. The van der Waals surface area contributed by atoms with Crippen LogP contribution in [-0.2, 0) is 4.74 Å². The van der Waals surface area contributed by atoms with Crippen molar-refractivity contribution in [3.8, 4) is 0 Å². The highest BCUT2D eigenvalue weighted by molar-refractivity contribution is 5.15. The number of ether oxygens (including phenoxy) is 1. The predicted molar refractivity (Wildman–Crippen MR) is 61.1 cm³/mol. The number of epoxide rings is 1. The van der Waals surface area contributed by atoms with Crippen molar-refractivity contribution in [3.05, 3.63) is 0 Å². The molecule has 1 aliphatic heterocycles. The first kappa shape index (κ1) is 14.1. The maximum Gasteiger partial charge on any atom is 0.422 e. The predicted octanol–water partition coefficient (Wildman–Crippen LogP) is 3.29. The van der Waals surface area contributed by atoms with E-state index in [4.69, 9.17) is 0 Å². The Bertz CT molecular complexity index is 318. The highest BCUT2D eigenvalue weighted by Gasteiger charge is 2.76. The molecule has 0 spiro atoms. The summed E-state index contributed by atoms with van der Waals surface area (Å²) in [4.78, 5) is 0. The SMILES string of the molecule is CC(C)(C)C1CCC(O)([C@@]2(C(F)(F)F)CO2)CC1. The Hall–Kier alpha value is -0.290. The normalized spacial score (nSPS) is 41.8. The summed E-state index contributed by atoms with van der Waals surface area (Å²) >= 11 is 0. The molecule has 0 aromatic carbocycles. The topological polar surface area (TPSA) is 32.8 Å². The lowest BCUT2D eigenvalue weighted by atomic mass is 9.65. The van der Waals surface area contributed by atoms with Crippen LogP contribution < -0.4 is 0 Å². The fourth-order valence-electron chi connectivity index (χ4n) is 3.13. The monoisotopic (exact) mass is 266 g/mol. The van der Waals surface area contributed by atoms with Crippen molar-refractivity contribution in [2.45, 2.75) is 63.8 Å². The third kappa shape index (κ3) is 2.05. The fourth-order valence-corrected chi connectivity index (χ4v) is 3.13. The van der Waals surface area contributed by atoms with E-state index in [1.807, 2.05) is 0 Å². The van der Waals surface area contributed by atoms with Crippen LogP contribution in [0.2, 0.25) is 0 Å². The summed E-state index contributed by atoms with van der Waals surface area (Å²) in [6.45, 7) is 5.88. The highest BCUT2D eigenvalue weighted by atomic mass is 19.4. The van der Waals surface area contributed by atoms with Gasteiger partial charge >= 0.3 is 6.18 Å². The summed E-state index contributed by atoms with van der Waals surface area (Å²) in [7, 11) is 0. The minimum absolute atomic E-state index is 0.0805. The molecule has 0 radical (unpaired) electrons. The lowest BCUT2D eigenvalue weighted by Crippen LogP contribution is -2.56. The summed E-state index contributed by atoms with van der Waals surface area (Å²) in [6, 6.07) is 0. The lowest BCUT2D eigenvalue weighted by molar-refractivity contribution is -0.245. The maximum atomic E-state index is 13.0. The van der Waals surface area contributed by atoms with Gasteiger partial charge in [-0.2, -0.15) is 13.2 Å². The molecule has 0 bridgehead atoms. The molecule has 1 N–H and O–H groups in total. The summed E-state index contributed by atoms with van der Waals surface area (Å²) in [5.74, 6) is 0.363. The van der Waals surface area contributed by atoms with E-state index in [2.05, 4.69) is 25.5 Å². The van der Waals surface area contributed by atoms with Crippen molar-refractivity contribution in [1.29, 1.82) is 0 Å². The molecule has 1 saturated carbocycles. The van der Waals surface area contributed by atoms with E-state index >= 15 is 0 Å². The van der Waals surface area contributed by atoms with Crippen LogP contribution in [-0.4, -0.2) is 29.1 Å². The second-order valence-corrected chi connectivity index (χ2v) is 6.79. The molecule has 106 valence electrons. The van der Waals surface area contributed by atoms with Crippen LogP contribution in [0.5, 0.6) is 0 Å². The Balaban J connectivity index is 2.09. The van der Waals surface area contributed by atoms with Crippen molar-refractivity contribution in [2.24, 2.45) is 11.3 Å². The Morgan fingerprint density at radius 2 is 1.56 bits per heavy atom. The second kappa shape index (κ2) is 3.85. The van der Waals surface area contributed by atoms with Gasteiger partial charge in [0.1, 0.15) is 5.60 Å². The van der Waals surface area contributed by atoms with Gasteiger partial charge in [0.15, 0.2) is 0 Å². The van der Waals surface area contributed by atoms with Crippen molar-refractivity contribution < 1.29 is 23.0 Å². The van der Waals surface area contributed by atoms with Gasteiger partial charge in [-0.3, -0.25) is 0 Å². The first-order chi connectivity index (χ1) is 8.02. The van der Waals surface area contributed by atoms with Crippen LogP contribution in [0.15, 0.2) is 0 Å². The van der Waals surface area contributed by atoms with Crippen LogP contribution in [0.4, 0.5) is 13.2 Å². The summed E-state index contributed by atoms with van der Waals surface area (Å²) in [6.07, 6.45) is -2.87. The van der Waals surface area contributed by atoms with E-state index in [9.17, 15) is 18.3 Å². The molecule has 2 rings (SSSR count). The maximum absolute atomic E-state index is 13.0. The molecular formula is C13H21F3O2. The molecule has 18 heavy (non-hydrogen) atoms. The van der Waals surface area contributed by atoms with Gasteiger partial charge in [0.2, 0.25) is 5.60 Å². The Kier molecular flexibility index (Phi) is 3.02. The first-order valence-electron chi connectivity index (χ1n) is 6.45. The first-order valence-corrected chi connectivity index (χ1v) is 6.45. The second-order valence-electron chi connectivity index (χ2n) is 6.79. The minimum atomic E-state index is -4.48. The molecule has 0 unspecified atom stereocenters. The zero-order valence-corrected chi connectivity index (χ0v) is 11.1. The number of halogens is 3. The average Bonchev–Trinajstić information content (AvgIpc) is 2.95. The zero-order valence-electron chi connectivity index (χ0n) is 11.1. The van der Waals surface area contributed by atoms with Crippen LogP contribution in [0.3, 0.4) is 0 Å². The van der Waals surface area contributed by atoms with Crippen molar-refractivity contribution in [3.63, 3.8) is 0 Å². The molecule has 0 amide bonds. The molecular weight excluding hydrogens is 245 g/mol. The van der Waals surface area contributed by atoms with Crippen LogP contribution in [0.1, 0.15) is 46.5 Å². The quantitative estimate of drug-likeness (QED) is 0.739.